The number of amides is 1. The van der Waals surface area contributed by atoms with E-state index < -0.39 is 18.3 Å². The molecule has 1 atom stereocenters. The van der Waals surface area contributed by atoms with Crippen molar-refractivity contribution in [1.82, 2.24) is 10.3 Å². The zero-order chi connectivity index (χ0) is 23.8. The van der Waals surface area contributed by atoms with Crippen LogP contribution in [0.2, 0.25) is 0 Å². The van der Waals surface area contributed by atoms with E-state index in [1.54, 1.807) is 19.1 Å². The monoisotopic (exact) mass is 462 g/mol. The fraction of sp³-hybridized carbons (Fsp3) is 0.333. The second kappa shape index (κ2) is 11.0. The molecule has 1 amide bonds. The minimum absolute atomic E-state index is 0.184. The molecule has 0 bridgehead atoms. The number of aromatic nitrogens is 1. The van der Waals surface area contributed by atoms with Crippen LogP contribution in [0.5, 0.6) is 5.75 Å². The molecule has 0 aliphatic rings. The summed E-state index contributed by atoms with van der Waals surface area (Å²) in [5.74, 6) is -0.186. The second-order valence-corrected chi connectivity index (χ2v) is 7.27. The van der Waals surface area contributed by atoms with Crippen LogP contribution in [0.4, 0.5) is 13.2 Å². The van der Waals surface area contributed by atoms with E-state index in [4.69, 9.17) is 13.9 Å². The first kappa shape index (κ1) is 24.3. The number of rotatable bonds is 10. The van der Waals surface area contributed by atoms with Gasteiger partial charge in [-0.15, -0.1) is 0 Å². The zero-order valence-corrected chi connectivity index (χ0v) is 18.3. The summed E-state index contributed by atoms with van der Waals surface area (Å²) in [7, 11) is 0. The Morgan fingerprint density at radius 1 is 1.12 bits per heavy atom. The Hall–Kier alpha value is -3.33. The lowest BCUT2D eigenvalue weighted by atomic mass is 10.1. The van der Waals surface area contributed by atoms with Crippen molar-refractivity contribution >= 4 is 5.91 Å². The van der Waals surface area contributed by atoms with Gasteiger partial charge < -0.3 is 19.2 Å². The SMILES string of the molecule is CCOC(CCc1ccc(OCc2nc(-c3ccccc3)oc2C)cc1)NC(=O)C(F)(F)F. The quantitative estimate of drug-likeness (QED) is 0.419. The van der Waals surface area contributed by atoms with Crippen LogP contribution in [0.3, 0.4) is 0 Å². The Morgan fingerprint density at radius 2 is 1.82 bits per heavy atom. The van der Waals surface area contributed by atoms with E-state index in [-0.39, 0.29) is 19.6 Å². The van der Waals surface area contributed by atoms with E-state index in [0.717, 1.165) is 11.1 Å². The molecule has 1 unspecified atom stereocenters. The molecule has 9 heteroatoms. The Kier molecular flexibility index (Phi) is 8.11. The first-order valence-electron chi connectivity index (χ1n) is 10.5. The van der Waals surface area contributed by atoms with E-state index in [0.29, 0.717) is 29.5 Å². The maximum absolute atomic E-state index is 12.5. The van der Waals surface area contributed by atoms with Crippen LogP contribution < -0.4 is 10.1 Å². The molecule has 1 aromatic heterocycles. The third kappa shape index (κ3) is 7.08. The van der Waals surface area contributed by atoms with Gasteiger partial charge in [0.1, 0.15) is 30.0 Å². The minimum Gasteiger partial charge on any atom is -0.487 e. The maximum Gasteiger partial charge on any atom is 0.471 e. The van der Waals surface area contributed by atoms with Crippen LogP contribution in [-0.2, 0) is 22.6 Å². The molecular weight excluding hydrogens is 437 g/mol. The molecule has 0 aliphatic heterocycles. The van der Waals surface area contributed by atoms with Crippen LogP contribution in [0, 0.1) is 6.92 Å². The summed E-state index contributed by atoms with van der Waals surface area (Å²) in [5, 5.41) is 1.87. The van der Waals surface area contributed by atoms with Crippen LogP contribution in [-0.4, -0.2) is 29.9 Å². The first-order chi connectivity index (χ1) is 15.8. The number of carbonyl (C=O) groups is 1. The van der Waals surface area contributed by atoms with Gasteiger partial charge in [0, 0.05) is 12.2 Å². The van der Waals surface area contributed by atoms with E-state index in [9.17, 15) is 18.0 Å². The van der Waals surface area contributed by atoms with Gasteiger partial charge in [0.2, 0.25) is 5.89 Å². The summed E-state index contributed by atoms with van der Waals surface area (Å²) in [5.41, 5.74) is 2.45. The standard InChI is InChI=1S/C24H25F3N2O4/c1-3-31-21(29-23(30)24(25,26)27)14-11-17-9-12-19(13-10-17)32-15-20-16(2)33-22(28-20)18-7-5-4-6-8-18/h4-10,12-13,21H,3,11,14-15H2,1-2H3,(H,29,30). The summed E-state index contributed by atoms with van der Waals surface area (Å²) in [6.45, 7) is 3.90. The van der Waals surface area contributed by atoms with E-state index in [1.165, 1.54) is 0 Å². The summed E-state index contributed by atoms with van der Waals surface area (Å²) in [4.78, 5) is 15.7. The topological polar surface area (TPSA) is 73.6 Å². The van der Waals surface area contributed by atoms with Crippen molar-refractivity contribution in [1.29, 1.82) is 0 Å². The van der Waals surface area contributed by atoms with Crippen molar-refractivity contribution in [2.24, 2.45) is 0 Å². The number of halogens is 3. The Bertz CT molecular complexity index is 1030. The molecule has 0 saturated heterocycles. The lowest BCUT2D eigenvalue weighted by molar-refractivity contribution is -0.177. The molecule has 0 fully saturated rings. The molecule has 2 aromatic carbocycles. The Balaban J connectivity index is 1.53. The van der Waals surface area contributed by atoms with Crippen LogP contribution in [0.15, 0.2) is 59.0 Å². The molecule has 33 heavy (non-hydrogen) atoms. The smallest absolute Gasteiger partial charge is 0.471 e. The zero-order valence-electron chi connectivity index (χ0n) is 18.3. The fourth-order valence-corrected chi connectivity index (χ4v) is 3.09. The van der Waals surface area contributed by atoms with E-state index in [1.807, 2.05) is 54.7 Å². The van der Waals surface area contributed by atoms with Crippen LogP contribution in [0.1, 0.15) is 30.4 Å². The van der Waals surface area contributed by atoms with Gasteiger partial charge in [-0.3, -0.25) is 4.79 Å². The lowest BCUT2D eigenvalue weighted by Gasteiger charge is -2.19. The van der Waals surface area contributed by atoms with Gasteiger partial charge in [-0.25, -0.2) is 4.98 Å². The molecule has 0 aliphatic carbocycles. The number of alkyl halides is 3. The highest BCUT2D eigenvalue weighted by Crippen LogP contribution is 2.23. The molecule has 0 spiro atoms. The summed E-state index contributed by atoms with van der Waals surface area (Å²) < 4.78 is 54.2. The highest BCUT2D eigenvalue weighted by atomic mass is 19.4. The average Bonchev–Trinajstić information content (AvgIpc) is 3.17. The maximum atomic E-state index is 12.5. The van der Waals surface area contributed by atoms with Gasteiger partial charge in [0.15, 0.2) is 0 Å². The predicted octanol–water partition coefficient (Wildman–Crippen LogP) is 5.20. The van der Waals surface area contributed by atoms with E-state index in [2.05, 4.69) is 4.98 Å². The number of ether oxygens (including phenoxy) is 2. The molecule has 0 saturated carbocycles. The molecule has 176 valence electrons. The molecule has 1 heterocycles. The van der Waals surface area contributed by atoms with Crippen molar-refractivity contribution < 1.29 is 31.9 Å². The fourth-order valence-electron chi connectivity index (χ4n) is 3.09. The van der Waals surface area contributed by atoms with Gasteiger partial charge in [0.05, 0.1) is 0 Å². The number of oxazole rings is 1. The summed E-state index contributed by atoms with van der Waals surface area (Å²) >= 11 is 0. The molecule has 3 aromatic rings. The Labute approximate surface area is 189 Å². The number of carbonyl (C=O) groups excluding carboxylic acids is 1. The number of benzene rings is 2. The largest absolute Gasteiger partial charge is 0.487 e. The van der Waals surface area contributed by atoms with Crippen molar-refractivity contribution in [3.8, 4) is 17.2 Å². The molecule has 1 N–H and O–H groups in total. The number of hydrogen-bond acceptors (Lipinski definition) is 5. The molecule has 3 rings (SSSR count). The van der Waals surface area contributed by atoms with Crippen LogP contribution in [0.25, 0.3) is 11.5 Å². The lowest BCUT2D eigenvalue weighted by Crippen LogP contribution is -2.44. The van der Waals surface area contributed by atoms with Gasteiger partial charge >= 0.3 is 12.1 Å². The minimum atomic E-state index is -4.95. The van der Waals surface area contributed by atoms with Gasteiger partial charge in [-0.1, -0.05) is 30.3 Å². The highest BCUT2D eigenvalue weighted by molar-refractivity contribution is 5.81. The van der Waals surface area contributed by atoms with Crippen molar-refractivity contribution in [2.45, 2.75) is 45.7 Å². The Morgan fingerprint density at radius 3 is 2.45 bits per heavy atom. The van der Waals surface area contributed by atoms with Gasteiger partial charge in [-0.2, -0.15) is 13.2 Å². The van der Waals surface area contributed by atoms with Gasteiger partial charge in [0.25, 0.3) is 0 Å². The first-order valence-corrected chi connectivity index (χ1v) is 10.5. The number of hydrogen-bond donors (Lipinski definition) is 1. The van der Waals surface area contributed by atoms with E-state index >= 15 is 0 Å². The number of aryl methyl sites for hydroxylation is 2. The average molecular weight is 462 g/mol. The summed E-state index contributed by atoms with van der Waals surface area (Å²) in [6.07, 6.45) is -5.34. The molecule has 0 radical (unpaired) electrons. The van der Waals surface area contributed by atoms with Gasteiger partial charge in [-0.05, 0) is 56.5 Å². The highest BCUT2D eigenvalue weighted by Gasteiger charge is 2.39. The normalized spacial score (nSPS) is 12.4. The number of nitrogens with zero attached hydrogens (tertiary/aromatic N) is 1. The predicted molar refractivity (Wildman–Crippen MR) is 115 cm³/mol. The van der Waals surface area contributed by atoms with Crippen molar-refractivity contribution in [2.75, 3.05) is 6.61 Å². The van der Waals surface area contributed by atoms with Crippen molar-refractivity contribution in [3.05, 3.63) is 71.6 Å². The third-order valence-electron chi connectivity index (χ3n) is 4.82. The number of nitrogens with one attached hydrogen (secondary N) is 1. The van der Waals surface area contributed by atoms with Crippen LogP contribution >= 0.6 is 0 Å². The summed E-state index contributed by atoms with van der Waals surface area (Å²) in [6, 6.07) is 16.7. The second-order valence-electron chi connectivity index (χ2n) is 7.27. The molecule has 6 nitrogen and oxygen atoms in total. The van der Waals surface area contributed by atoms with Crippen molar-refractivity contribution in [3.63, 3.8) is 0 Å². The third-order valence-corrected chi connectivity index (χ3v) is 4.82. The molecular formula is C24H25F3N2O4.